The zero-order chi connectivity index (χ0) is 27.1. The van der Waals surface area contributed by atoms with Gasteiger partial charge in [0.25, 0.3) is 0 Å². The molecule has 1 fully saturated rings. The maximum Gasteiger partial charge on any atom is 0.323 e. The van der Waals surface area contributed by atoms with Crippen molar-refractivity contribution in [1.29, 1.82) is 0 Å². The van der Waals surface area contributed by atoms with E-state index < -0.39 is 18.3 Å². The highest BCUT2D eigenvalue weighted by atomic mass is 16.4. The molecule has 0 saturated heterocycles. The summed E-state index contributed by atoms with van der Waals surface area (Å²) in [5, 5.41) is 17.7. The first-order valence-electron chi connectivity index (χ1n) is 13.0. The van der Waals surface area contributed by atoms with Crippen molar-refractivity contribution in [3.05, 3.63) is 71.3 Å². The molecule has 0 aromatic heterocycles. The van der Waals surface area contributed by atoms with E-state index in [4.69, 9.17) is 5.11 Å². The largest absolute Gasteiger partial charge is 0.481 e. The lowest BCUT2D eigenvalue weighted by Gasteiger charge is -2.35. The summed E-state index contributed by atoms with van der Waals surface area (Å²) in [7, 11) is 0. The van der Waals surface area contributed by atoms with Crippen molar-refractivity contribution in [2.24, 2.45) is 5.92 Å². The average Bonchev–Trinajstić information content (AvgIpc) is 3.35. The number of carboxylic acids is 1. The molecule has 0 spiro atoms. The highest BCUT2D eigenvalue weighted by molar-refractivity contribution is 6.00. The van der Waals surface area contributed by atoms with Crippen molar-refractivity contribution < 1.29 is 24.3 Å². The number of carboxylic acid groups (broad SMARTS) is 1. The third-order valence-electron chi connectivity index (χ3n) is 7.20. The van der Waals surface area contributed by atoms with Crippen LogP contribution in [0.1, 0.15) is 49.7 Å². The lowest BCUT2D eigenvalue weighted by molar-refractivity contribution is -0.144. The number of hydrogen-bond acceptors (Lipinski definition) is 4. The van der Waals surface area contributed by atoms with Crippen LogP contribution >= 0.6 is 0 Å². The molecule has 38 heavy (non-hydrogen) atoms. The molecule has 9 heteroatoms. The number of aliphatic carboxylic acids is 1. The smallest absolute Gasteiger partial charge is 0.323 e. The van der Waals surface area contributed by atoms with Crippen molar-refractivity contribution in [3.8, 4) is 0 Å². The Bertz CT molecular complexity index is 1220. The minimum atomic E-state index is -1.17. The quantitative estimate of drug-likeness (QED) is 0.384. The highest BCUT2D eigenvalue weighted by Gasteiger charge is 2.40. The molecular formula is C29H34N4O5. The molecule has 1 aliphatic carbocycles. The Balaban J connectivity index is 1.34. The summed E-state index contributed by atoms with van der Waals surface area (Å²) in [6, 6.07) is 14.0. The molecule has 1 saturated carbocycles. The van der Waals surface area contributed by atoms with Gasteiger partial charge in [0.1, 0.15) is 6.42 Å². The number of aryl methyl sites for hydroxylation is 1. The predicted octanol–water partition coefficient (Wildman–Crippen LogP) is 4.45. The van der Waals surface area contributed by atoms with E-state index in [1.54, 1.807) is 23.1 Å². The standard InChI is InChI=1S/C29H34N4O5/c1-19-7-5-6-10-24(19)32-29(38)31-22-13-11-20(12-14-22)18-30-28(37)23-15-16-33(25(34)17-26(35)36)27(23)21-8-3-2-4-9-21/h5-7,10-15,21,27H,2-4,8-9,16-18H2,1H3,(H,30,37)(H,35,36)(H2,31,32,38)/t27-/m0/s1. The first-order valence-corrected chi connectivity index (χ1v) is 13.0. The van der Waals surface area contributed by atoms with Gasteiger partial charge in [-0.25, -0.2) is 4.79 Å². The fourth-order valence-corrected chi connectivity index (χ4v) is 5.26. The second kappa shape index (κ2) is 12.4. The molecule has 2 aliphatic rings. The van der Waals surface area contributed by atoms with E-state index in [0.717, 1.165) is 48.9 Å². The summed E-state index contributed by atoms with van der Waals surface area (Å²) >= 11 is 0. The normalized spacial score (nSPS) is 17.4. The van der Waals surface area contributed by atoms with Crippen LogP contribution in [0.5, 0.6) is 0 Å². The number of anilines is 2. The Morgan fingerprint density at radius 3 is 2.34 bits per heavy atom. The molecule has 0 unspecified atom stereocenters. The summed E-state index contributed by atoms with van der Waals surface area (Å²) in [5.41, 5.74) is 3.72. The Hall–Kier alpha value is -4.14. The minimum Gasteiger partial charge on any atom is -0.481 e. The second-order valence-corrected chi connectivity index (χ2v) is 9.89. The van der Waals surface area contributed by atoms with Crippen molar-refractivity contribution in [2.75, 3.05) is 17.2 Å². The maximum atomic E-state index is 13.2. The van der Waals surface area contributed by atoms with E-state index in [9.17, 15) is 19.2 Å². The van der Waals surface area contributed by atoms with Gasteiger partial charge in [-0.15, -0.1) is 0 Å². The van der Waals surface area contributed by atoms with Gasteiger partial charge >= 0.3 is 12.0 Å². The van der Waals surface area contributed by atoms with Crippen LogP contribution < -0.4 is 16.0 Å². The third-order valence-corrected chi connectivity index (χ3v) is 7.20. The van der Waals surface area contributed by atoms with E-state index in [2.05, 4.69) is 16.0 Å². The Morgan fingerprint density at radius 2 is 1.66 bits per heavy atom. The SMILES string of the molecule is Cc1ccccc1NC(=O)Nc1ccc(CNC(=O)C2=CCN(C(=O)CC(=O)O)[C@H]2C2CCCCC2)cc1. The van der Waals surface area contributed by atoms with E-state index >= 15 is 0 Å². The number of nitrogens with one attached hydrogen (secondary N) is 3. The van der Waals surface area contributed by atoms with Gasteiger partial charge in [0, 0.05) is 30.0 Å². The molecule has 1 atom stereocenters. The third kappa shape index (κ3) is 6.79. The number of amides is 4. The van der Waals surface area contributed by atoms with Crippen LogP contribution in [0, 0.1) is 12.8 Å². The van der Waals surface area contributed by atoms with Crippen LogP contribution in [0.2, 0.25) is 0 Å². The van der Waals surface area contributed by atoms with E-state index in [0.29, 0.717) is 11.3 Å². The van der Waals surface area contributed by atoms with Gasteiger partial charge in [0.05, 0.1) is 6.04 Å². The molecule has 200 valence electrons. The molecular weight excluding hydrogens is 484 g/mol. The summed E-state index contributed by atoms with van der Waals surface area (Å²) in [5.74, 6) is -1.72. The number of carbonyl (C=O) groups excluding carboxylic acids is 3. The van der Waals surface area contributed by atoms with Crippen molar-refractivity contribution >= 4 is 35.2 Å². The van der Waals surface area contributed by atoms with Gasteiger partial charge in [0.2, 0.25) is 11.8 Å². The van der Waals surface area contributed by atoms with Crippen molar-refractivity contribution in [1.82, 2.24) is 10.2 Å². The van der Waals surface area contributed by atoms with Gasteiger partial charge < -0.3 is 26.0 Å². The lowest BCUT2D eigenvalue weighted by atomic mass is 9.81. The molecule has 9 nitrogen and oxygen atoms in total. The first-order chi connectivity index (χ1) is 18.3. The number of benzene rings is 2. The molecule has 4 N–H and O–H groups in total. The fraction of sp³-hybridized carbons (Fsp3) is 0.379. The van der Waals surface area contributed by atoms with E-state index in [1.165, 1.54) is 0 Å². The van der Waals surface area contributed by atoms with Crippen molar-refractivity contribution in [2.45, 2.75) is 58.0 Å². The van der Waals surface area contributed by atoms with E-state index in [1.807, 2.05) is 43.3 Å². The summed E-state index contributed by atoms with van der Waals surface area (Å²) < 4.78 is 0. The summed E-state index contributed by atoms with van der Waals surface area (Å²) in [6.45, 7) is 2.45. The van der Waals surface area contributed by atoms with Crippen LogP contribution in [-0.2, 0) is 20.9 Å². The molecule has 2 aromatic rings. The highest BCUT2D eigenvalue weighted by Crippen LogP contribution is 2.35. The maximum absolute atomic E-state index is 13.2. The molecule has 1 aliphatic heterocycles. The molecule has 0 bridgehead atoms. The Morgan fingerprint density at radius 1 is 0.947 bits per heavy atom. The number of nitrogens with zero attached hydrogens (tertiary/aromatic N) is 1. The molecule has 1 heterocycles. The zero-order valence-electron chi connectivity index (χ0n) is 21.5. The number of hydrogen-bond donors (Lipinski definition) is 4. The Kier molecular flexibility index (Phi) is 8.78. The monoisotopic (exact) mass is 518 g/mol. The number of carbonyl (C=O) groups is 4. The molecule has 4 amide bonds. The molecule has 4 rings (SSSR count). The zero-order valence-corrected chi connectivity index (χ0v) is 21.5. The molecule has 2 aromatic carbocycles. The number of para-hydroxylation sites is 1. The predicted molar refractivity (Wildman–Crippen MR) is 145 cm³/mol. The van der Waals surface area contributed by atoms with Gasteiger partial charge in [-0.3, -0.25) is 14.4 Å². The Labute approximate surface area is 222 Å². The number of urea groups is 1. The second-order valence-electron chi connectivity index (χ2n) is 9.89. The van der Waals surface area contributed by atoms with Crippen LogP contribution in [0.25, 0.3) is 0 Å². The average molecular weight is 519 g/mol. The summed E-state index contributed by atoms with van der Waals surface area (Å²) in [6.07, 6.45) is 6.23. The summed E-state index contributed by atoms with van der Waals surface area (Å²) in [4.78, 5) is 50.8. The van der Waals surface area contributed by atoms with Crippen molar-refractivity contribution in [3.63, 3.8) is 0 Å². The van der Waals surface area contributed by atoms with Gasteiger partial charge in [0.15, 0.2) is 0 Å². The van der Waals surface area contributed by atoms with Gasteiger partial charge in [-0.1, -0.05) is 55.7 Å². The van der Waals surface area contributed by atoms with Crippen LogP contribution in [0.4, 0.5) is 16.2 Å². The van der Waals surface area contributed by atoms with Gasteiger partial charge in [-0.05, 0) is 55.0 Å². The van der Waals surface area contributed by atoms with Crippen LogP contribution in [0.3, 0.4) is 0 Å². The molecule has 0 radical (unpaired) electrons. The topological polar surface area (TPSA) is 128 Å². The fourth-order valence-electron chi connectivity index (χ4n) is 5.26. The van der Waals surface area contributed by atoms with Crippen LogP contribution in [-0.4, -0.2) is 46.4 Å². The van der Waals surface area contributed by atoms with Crippen LogP contribution in [0.15, 0.2) is 60.2 Å². The first kappa shape index (κ1) is 26.9. The lowest BCUT2D eigenvalue weighted by Crippen LogP contribution is -2.45. The number of rotatable bonds is 8. The van der Waals surface area contributed by atoms with Gasteiger partial charge in [-0.2, -0.15) is 0 Å². The van der Waals surface area contributed by atoms with E-state index in [-0.39, 0.29) is 37.0 Å². The minimum absolute atomic E-state index is 0.150.